The van der Waals surface area contributed by atoms with E-state index in [0.29, 0.717) is 32.0 Å². The average molecular weight is 561 g/mol. The Balaban J connectivity index is 0.00000259. The largest absolute Gasteiger partial charge is 0.356 e. The number of aliphatic imine (C=N–C) groups is 1. The minimum Gasteiger partial charge on any atom is -0.356 e. The van der Waals surface area contributed by atoms with Gasteiger partial charge in [-0.2, -0.15) is 5.10 Å². The van der Waals surface area contributed by atoms with Crippen LogP contribution in [0.25, 0.3) is 11.4 Å². The predicted octanol–water partition coefficient (Wildman–Crippen LogP) is 1.95. The van der Waals surface area contributed by atoms with Gasteiger partial charge in [0, 0.05) is 32.2 Å². The lowest BCUT2D eigenvalue weighted by Crippen LogP contribution is -2.39. The Kier molecular flexibility index (Phi) is 7.11. The van der Waals surface area contributed by atoms with Crippen molar-refractivity contribution in [3.63, 3.8) is 0 Å². The molecule has 2 aliphatic carbocycles. The number of fused-ring (bicyclic) bond motifs is 5. The van der Waals surface area contributed by atoms with Gasteiger partial charge in [0.15, 0.2) is 11.8 Å². The molecule has 1 saturated carbocycles. The number of amides is 2. The molecule has 5 rings (SSSR count). The van der Waals surface area contributed by atoms with Crippen molar-refractivity contribution in [1.82, 2.24) is 30.7 Å². The van der Waals surface area contributed by atoms with Crippen molar-refractivity contribution < 1.29 is 9.59 Å². The van der Waals surface area contributed by atoms with Crippen molar-refractivity contribution in [2.75, 3.05) is 20.1 Å². The van der Waals surface area contributed by atoms with E-state index in [4.69, 9.17) is 0 Å². The second-order valence-corrected chi connectivity index (χ2v) is 8.57. The first-order chi connectivity index (χ1) is 15.7. The Morgan fingerprint density at radius 1 is 1.18 bits per heavy atom. The maximum Gasteiger partial charge on any atom is 0.233 e. The van der Waals surface area contributed by atoms with Crippen LogP contribution >= 0.6 is 24.0 Å². The van der Waals surface area contributed by atoms with Crippen molar-refractivity contribution in [2.24, 2.45) is 28.7 Å². The summed E-state index contributed by atoms with van der Waals surface area (Å²) < 4.78 is 0. The number of carbonyl (C=O) groups excluding carboxylic acids is 2. The monoisotopic (exact) mass is 561 g/mol. The molecule has 2 fully saturated rings. The molecular formula is C23H28IN7O2. The fourth-order valence-corrected chi connectivity index (χ4v) is 5.21. The third-order valence-electron chi connectivity index (χ3n) is 6.71. The van der Waals surface area contributed by atoms with Crippen molar-refractivity contribution >= 4 is 41.8 Å². The summed E-state index contributed by atoms with van der Waals surface area (Å²) in [5, 5.41) is 13.3. The van der Waals surface area contributed by atoms with Gasteiger partial charge in [0.05, 0.1) is 11.8 Å². The van der Waals surface area contributed by atoms with Gasteiger partial charge in [-0.25, -0.2) is 4.98 Å². The van der Waals surface area contributed by atoms with Crippen LogP contribution in [0.4, 0.5) is 0 Å². The molecule has 174 valence electrons. The number of imide groups is 1. The molecule has 1 saturated heterocycles. The van der Waals surface area contributed by atoms with Crippen LogP contribution in [0.2, 0.25) is 0 Å². The molecule has 3 N–H and O–H groups in total. The number of halogens is 1. The Morgan fingerprint density at radius 3 is 2.61 bits per heavy atom. The van der Waals surface area contributed by atoms with Gasteiger partial charge in [-0.15, -0.1) is 24.0 Å². The van der Waals surface area contributed by atoms with E-state index in [0.717, 1.165) is 23.4 Å². The second kappa shape index (κ2) is 10.0. The van der Waals surface area contributed by atoms with E-state index < -0.39 is 0 Å². The Bertz CT molecular complexity index is 1040. The van der Waals surface area contributed by atoms with Gasteiger partial charge in [-0.05, 0) is 36.3 Å². The van der Waals surface area contributed by atoms with E-state index in [9.17, 15) is 9.59 Å². The quantitative estimate of drug-likeness (QED) is 0.119. The first-order valence-corrected chi connectivity index (χ1v) is 11.1. The van der Waals surface area contributed by atoms with E-state index in [2.05, 4.69) is 43.0 Å². The van der Waals surface area contributed by atoms with E-state index in [1.165, 1.54) is 11.2 Å². The highest BCUT2D eigenvalue weighted by Gasteiger charge is 2.58. The molecule has 9 nitrogen and oxygen atoms in total. The number of likely N-dealkylation sites (tertiary alicyclic amines) is 1. The Morgan fingerprint density at radius 2 is 1.94 bits per heavy atom. The number of allylic oxidation sites excluding steroid dienone is 2. The third kappa shape index (κ3) is 4.53. The summed E-state index contributed by atoms with van der Waals surface area (Å²) in [7, 11) is 1.72. The minimum atomic E-state index is -0.118. The molecule has 33 heavy (non-hydrogen) atoms. The summed E-state index contributed by atoms with van der Waals surface area (Å²) in [6, 6.07) is 8.04. The Labute approximate surface area is 209 Å². The third-order valence-corrected chi connectivity index (χ3v) is 6.71. The maximum absolute atomic E-state index is 12.7. The zero-order valence-corrected chi connectivity index (χ0v) is 20.7. The molecule has 2 bridgehead atoms. The van der Waals surface area contributed by atoms with Crippen LogP contribution in [-0.4, -0.2) is 58.0 Å². The number of rotatable bonds is 7. The molecule has 0 radical (unpaired) electrons. The average Bonchev–Trinajstić information content (AvgIpc) is 3.60. The lowest BCUT2D eigenvalue weighted by Gasteiger charge is -2.18. The number of aromatic nitrogens is 3. The van der Waals surface area contributed by atoms with Crippen molar-refractivity contribution in [3.8, 4) is 11.4 Å². The van der Waals surface area contributed by atoms with Crippen molar-refractivity contribution in [1.29, 1.82) is 0 Å². The van der Waals surface area contributed by atoms with E-state index >= 15 is 0 Å². The fourth-order valence-electron chi connectivity index (χ4n) is 5.21. The molecule has 3 aliphatic rings. The zero-order chi connectivity index (χ0) is 22.1. The van der Waals surface area contributed by atoms with Gasteiger partial charge in [0.25, 0.3) is 0 Å². The summed E-state index contributed by atoms with van der Waals surface area (Å²) in [5.74, 6) is 1.73. The number of aromatic amines is 1. The number of nitrogens with one attached hydrogen (secondary N) is 3. The topological polar surface area (TPSA) is 115 Å². The van der Waals surface area contributed by atoms with Crippen LogP contribution in [0.5, 0.6) is 0 Å². The molecule has 2 amide bonds. The van der Waals surface area contributed by atoms with Gasteiger partial charge in [0.2, 0.25) is 11.8 Å². The molecule has 1 aromatic heterocycles. The van der Waals surface area contributed by atoms with Gasteiger partial charge >= 0.3 is 0 Å². The number of hydrogen-bond acceptors (Lipinski definition) is 5. The van der Waals surface area contributed by atoms with Crippen LogP contribution in [-0.2, 0) is 16.1 Å². The molecular weight excluding hydrogens is 533 g/mol. The van der Waals surface area contributed by atoms with Crippen molar-refractivity contribution in [3.05, 3.63) is 48.3 Å². The minimum absolute atomic E-state index is 0. The lowest BCUT2D eigenvalue weighted by atomic mass is 9.85. The summed E-state index contributed by atoms with van der Waals surface area (Å²) >= 11 is 0. The Hall–Kier alpha value is -2.76. The van der Waals surface area contributed by atoms with Crippen LogP contribution < -0.4 is 10.6 Å². The predicted molar refractivity (Wildman–Crippen MR) is 134 cm³/mol. The van der Waals surface area contributed by atoms with E-state index in [-0.39, 0.29) is 59.5 Å². The first kappa shape index (κ1) is 23.4. The standard InChI is InChI=1S/C23H27N7O2.HI/c1-24-23(26-12-14-4-2-5-17(10-14)20-27-13-28-29-20)25-8-3-9-30-21(31)18-15-6-7-16(11-15)19(18)22(30)32;/h2,4-7,10,13,15-16,18-19H,3,8-9,11-12H2,1H3,(H2,24,25,26)(H,27,28,29);1H. The van der Waals surface area contributed by atoms with Gasteiger partial charge in [0.1, 0.15) is 6.33 Å². The highest BCUT2D eigenvalue weighted by atomic mass is 127. The van der Waals surface area contributed by atoms with Crippen LogP contribution in [0.15, 0.2) is 47.7 Å². The first-order valence-electron chi connectivity index (χ1n) is 11.1. The lowest BCUT2D eigenvalue weighted by molar-refractivity contribution is -0.140. The molecule has 2 heterocycles. The van der Waals surface area contributed by atoms with Gasteiger partial charge in [-0.1, -0.05) is 30.4 Å². The maximum atomic E-state index is 12.7. The van der Waals surface area contributed by atoms with Gasteiger partial charge < -0.3 is 10.6 Å². The number of nitrogens with zero attached hydrogens (tertiary/aromatic N) is 4. The molecule has 1 aliphatic heterocycles. The SMILES string of the molecule is CN=C(NCCCN1C(=O)C2C3C=CC(C3)C2C1=O)NCc1cccc(-c2ncn[nH]2)c1.I. The number of carbonyl (C=O) groups is 2. The highest BCUT2D eigenvalue weighted by Crippen LogP contribution is 2.52. The molecule has 0 spiro atoms. The van der Waals surface area contributed by atoms with E-state index in [1.54, 1.807) is 7.05 Å². The summed E-state index contributed by atoms with van der Waals surface area (Å²) in [4.78, 5) is 35.4. The van der Waals surface area contributed by atoms with Gasteiger partial charge in [-0.3, -0.25) is 24.6 Å². The molecule has 4 unspecified atom stereocenters. The van der Waals surface area contributed by atoms with Crippen molar-refractivity contribution in [2.45, 2.75) is 19.4 Å². The summed E-state index contributed by atoms with van der Waals surface area (Å²) in [5.41, 5.74) is 2.06. The van der Waals surface area contributed by atoms with Crippen LogP contribution in [0, 0.1) is 23.7 Å². The molecule has 2 aromatic rings. The number of guanidine groups is 1. The second-order valence-electron chi connectivity index (χ2n) is 8.57. The normalized spacial score (nSPS) is 25.4. The molecule has 1 aromatic carbocycles. The van der Waals surface area contributed by atoms with Crippen LogP contribution in [0.3, 0.4) is 0 Å². The zero-order valence-electron chi connectivity index (χ0n) is 18.4. The summed E-state index contributed by atoms with van der Waals surface area (Å²) in [6.07, 6.45) is 7.38. The van der Waals surface area contributed by atoms with Crippen LogP contribution in [0.1, 0.15) is 18.4 Å². The summed E-state index contributed by atoms with van der Waals surface area (Å²) in [6.45, 7) is 1.67. The highest BCUT2D eigenvalue weighted by molar-refractivity contribution is 14.0. The fraction of sp³-hybridized carbons (Fsp3) is 0.435. The van der Waals surface area contributed by atoms with E-state index in [1.807, 2.05) is 24.3 Å². The molecule has 10 heteroatoms. The number of benzene rings is 1. The molecule has 4 atom stereocenters. The number of H-pyrrole nitrogens is 1. The number of hydrogen-bond donors (Lipinski definition) is 3. The smallest absolute Gasteiger partial charge is 0.233 e.